The molecule has 1 aromatic carbocycles. The Morgan fingerprint density at radius 3 is 2.38 bits per heavy atom. The molecule has 0 aliphatic heterocycles. The molecule has 0 unspecified atom stereocenters. The summed E-state index contributed by atoms with van der Waals surface area (Å²) < 4.78 is 23.8. The smallest absolute Gasteiger partial charge is 0.332 e. The Hall–Kier alpha value is -1.93. The zero-order chi connectivity index (χ0) is 15.9. The lowest BCUT2D eigenvalue weighted by Gasteiger charge is -2.08. The third-order valence-corrected chi connectivity index (χ3v) is 4.46. The van der Waals surface area contributed by atoms with Gasteiger partial charge in [-0.15, -0.1) is 0 Å². The Kier molecular flexibility index (Phi) is 6.32. The molecule has 1 rings (SSSR count). The number of carboxylic acid groups (broad SMARTS) is 1. The number of hydrogen-bond acceptors (Lipinski definition) is 5. The van der Waals surface area contributed by atoms with Crippen LogP contribution in [0.2, 0.25) is 0 Å². The van der Waals surface area contributed by atoms with Crippen LogP contribution in [0, 0.1) is 0 Å². The predicted octanol–water partition coefficient (Wildman–Crippen LogP) is -0.198. The first kappa shape index (κ1) is 17.1. The van der Waals surface area contributed by atoms with Crippen LogP contribution in [-0.2, 0) is 19.4 Å². The number of hydrogen-bond donors (Lipinski definition) is 3. The Morgan fingerprint density at radius 1 is 1.19 bits per heavy atom. The summed E-state index contributed by atoms with van der Waals surface area (Å²) in [7, 11) is -3.51. The zero-order valence-electron chi connectivity index (χ0n) is 11.2. The second-order valence-electron chi connectivity index (χ2n) is 4.37. The highest BCUT2D eigenvalue weighted by molar-refractivity contribution is 7.91. The molecule has 0 aromatic heterocycles. The van der Waals surface area contributed by atoms with Crippen molar-refractivity contribution in [2.75, 3.05) is 12.3 Å². The van der Waals surface area contributed by atoms with Crippen molar-refractivity contribution in [2.45, 2.75) is 23.8 Å². The van der Waals surface area contributed by atoms with Crippen molar-refractivity contribution in [1.82, 2.24) is 5.32 Å². The molecule has 0 spiro atoms. The second-order valence-corrected chi connectivity index (χ2v) is 6.48. The predicted molar refractivity (Wildman–Crippen MR) is 74.4 cm³/mol. The first-order valence-electron chi connectivity index (χ1n) is 6.28. The fourth-order valence-electron chi connectivity index (χ4n) is 1.53. The van der Waals surface area contributed by atoms with E-state index in [9.17, 15) is 18.0 Å². The van der Waals surface area contributed by atoms with Crippen molar-refractivity contribution in [3.63, 3.8) is 0 Å². The summed E-state index contributed by atoms with van der Waals surface area (Å²) in [5, 5.41) is 19.8. The summed E-state index contributed by atoms with van der Waals surface area (Å²) >= 11 is 0. The molecule has 0 radical (unpaired) electrons. The van der Waals surface area contributed by atoms with E-state index in [1.165, 1.54) is 12.1 Å². The molecule has 1 aromatic rings. The first-order chi connectivity index (χ1) is 9.83. The largest absolute Gasteiger partial charge is 0.479 e. The van der Waals surface area contributed by atoms with Gasteiger partial charge < -0.3 is 15.5 Å². The molecule has 0 saturated heterocycles. The van der Waals surface area contributed by atoms with Gasteiger partial charge in [0, 0.05) is 19.4 Å². The lowest BCUT2D eigenvalue weighted by molar-refractivity contribution is -0.147. The number of aliphatic carboxylic acids is 1. The van der Waals surface area contributed by atoms with Crippen LogP contribution in [0.15, 0.2) is 35.2 Å². The van der Waals surface area contributed by atoms with Gasteiger partial charge in [-0.2, -0.15) is 0 Å². The number of benzene rings is 1. The highest BCUT2D eigenvalue weighted by Crippen LogP contribution is 2.10. The van der Waals surface area contributed by atoms with Gasteiger partial charge in [0.25, 0.3) is 0 Å². The van der Waals surface area contributed by atoms with E-state index in [-0.39, 0.29) is 30.0 Å². The minimum atomic E-state index is -3.51. The zero-order valence-corrected chi connectivity index (χ0v) is 12.0. The van der Waals surface area contributed by atoms with Gasteiger partial charge in [-0.05, 0) is 12.1 Å². The van der Waals surface area contributed by atoms with E-state index in [4.69, 9.17) is 10.2 Å². The van der Waals surface area contributed by atoms with Crippen molar-refractivity contribution in [3.05, 3.63) is 30.3 Å². The molecule has 116 valence electrons. The van der Waals surface area contributed by atoms with E-state index in [0.717, 1.165) is 0 Å². The number of carbonyl (C=O) groups excluding carboxylic acids is 1. The molecule has 0 bridgehead atoms. The highest BCUT2D eigenvalue weighted by Gasteiger charge is 2.17. The molecule has 1 atom stereocenters. The van der Waals surface area contributed by atoms with E-state index in [0.29, 0.717) is 0 Å². The lowest BCUT2D eigenvalue weighted by Crippen LogP contribution is -2.31. The fraction of sp³-hybridized carbons (Fsp3) is 0.385. The number of nitrogens with one attached hydrogen (secondary N) is 1. The number of carbonyl (C=O) groups is 2. The van der Waals surface area contributed by atoms with E-state index < -0.39 is 27.8 Å². The van der Waals surface area contributed by atoms with Crippen LogP contribution in [0.3, 0.4) is 0 Å². The number of aliphatic hydroxyl groups is 1. The average molecular weight is 315 g/mol. The van der Waals surface area contributed by atoms with Crippen molar-refractivity contribution in [2.24, 2.45) is 0 Å². The van der Waals surface area contributed by atoms with E-state index in [2.05, 4.69) is 5.32 Å². The van der Waals surface area contributed by atoms with Gasteiger partial charge in [-0.1, -0.05) is 18.2 Å². The number of aliphatic hydroxyl groups excluding tert-OH is 1. The van der Waals surface area contributed by atoms with Gasteiger partial charge in [0.15, 0.2) is 15.9 Å². The fourth-order valence-corrected chi connectivity index (χ4v) is 2.79. The lowest BCUT2D eigenvalue weighted by atomic mass is 10.2. The van der Waals surface area contributed by atoms with Crippen molar-refractivity contribution in [1.29, 1.82) is 0 Å². The molecule has 0 saturated carbocycles. The van der Waals surface area contributed by atoms with E-state index in [1.54, 1.807) is 18.2 Å². The SMILES string of the molecule is O=C(CCS(=O)(=O)c1ccccc1)NCC[C@H](O)C(=O)O. The standard InChI is InChI=1S/C13H17NO6S/c15-11(13(17)18)6-8-14-12(16)7-9-21(19,20)10-4-2-1-3-5-10/h1-5,11,15H,6-9H2,(H,14,16)(H,17,18)/t11-/m0/s1. The Labute approximate surface area is 122 Å². The summed E-state index contributed by atoms with van der Waals surface area (Å²) in [4.78, 5) is 22.0. The van der Waals surface area contributed by atoms with E-state index >= 15 is 0 Å². The van der Waals surface area contributed by atoms with Crippen LogP contribution in [0.1, 0.15) is 12.8 Å². The minimum absolute atomic E-state index is 0.0301. The Bertz CT molecular complexity index is 584. The minimum Gasteiger partial charge on any atom is -0.479 e. The van der Waals surface area contributed by atoms with Gasteiger partial charge in [0.2, 0.25) is 5.91 Å². The van der Waals surface area contributed by atoms with Crippen LogP contribution >= 0.6 is 0 Å². The van der Waals surface area contributed by atoms with Gasteiger partial charge in [-0.25, -0.2) is 13.2 Å². The topological polar surface area (TPSA) is 121 Å². The third-order valence-electron chi connectivity index (χ3n) is 2.73. The van der Waals surface area contributed by atoms with Crippen LogP contribution in [0.25, 0.3) is 0 Å². The molecule has 7 nitrogen and oxygen atoms in total. The number of rotatable bonds is 8. The Morgan fingerprint density at radius 2 is 1.81 bits per heavy atom. The monoisotopic (exact) mass is 315 g/mol. The van der Waals surface area contributed by atoms with Crippen LogP contribution in [-0.4, -0.2) is 48.9 Å². The maximum absolute atomic E-state index is 11.9. The molecule has 8 heteroatoms. The number of carboxylic acids is 1. The van der Waals surface area contributed by atoms with Crippen LogP contribution in [0.5, 0.6) is 0 Å². The molecular weight excluding hydrogens is 298 g/mol. The second kappa shape index (κ2) is 7.75. The average Bonchev–Trinajstić information content (AvgIpc) is 2.46. The molecular formula is C13H17NO6S. The summed E-state index contributed by atoms with van der Waals surface area (Å²) in [5.74, 6) is -2.20. The van der Waals surface area contributed by atoms with Crippen LogP contribution < -0.4 is 5.32 Å². The molecule has 1 amide bonds. The molecule has 0 fully saturated rings. The molecule has 21 heavy (non-hydrogen) atoms. The maximum Gasteiger partial charge on any atom is 0.332 e. The van der Waals surface area contributed by atoms with Gasteiger partial charge in [-0.3, -0.25) is 4.79 Å². The summed E-state index contributed by atoms with van der Waals surface area (Å²) in [6, 6.07) is 7.80. The van der Waals surface area contributed by atoms with Crippen molar-refractivity contribution < 1.29 is 28.2 Å². The number of sulfone groups is 1. The molecule has 3 N–H and O–H groups in total. The summed E-state index contributed by atoms with van der Waals surface area (Å²) in [5.41, 5.74) is 0. The van der Waals surface area contributed by atoms with Gasteiger partial charge >= 0.3 is 5.97 Å². The first-order valence-corrected chi connectivity index (χ1v) is 7.93. The van der Waals surface area contributed by atoms with E-state index in [1.807, 2.05) is 0 Å². The highest BCUT2D eigenvalue weighted by atomic mass is 32.2. The molecule has 0 heterocycles. The normalized spacial score (nSPS) is 12.6. The van der Waals surface area contributed by atoms with Gasteiger partial charge in [0.1, 0.15) is 0 Å². The van der Waals surface area contributed by atoms with Crippen molar-refractivity contribution >= 4 is 21.7 Å². The van der Waals surface area contributed by atoms with Crippen molar-refractivity contribution in [3.8, 4) is 0 Å². The quantitative estimate of drug-likeness (QED) is 0.611. The summed E-state index contributed by atoms with van der Waals surface area (Å²) in [6.07, 6.45) is -1.90. The Balaban J connectivity index is 2.38. The summed E-state index contributed by atoms with van der Waals surface area (Å²) in [6.45, 7) is -0.0301. The molecule has 0 aliphatic rings. The third kappa shape index (κ3) is 5.92. The molecule has 0 aliphatic carbocycles. The maximum atomic E-state index is 11.9. The van der Waals surface area contributed by atoms with Crippen LogP contribution in [0.4, 0.5) is 0 Å². The number of amides is 1. The van der Waals surface area contributed by atoms with Gasteiger partial charge in [0.05, 0.1) is 10.6 Å².